The molecule has 0 bridgehead atoms. The van der Waals surface area contributed by atoms with Crippen LogP contribution in [0.4, 0.5) is 0 Å². The third kappa shape index (κ3) is 3.01. The normalized spacial score (nSPS) is 18.0. The Hall–Kier alpha value is -0.480. The van der Waals surface area contributed by atoms with Gasteiger partial charge in [-0.2, -0.15) is 4.37 Å². The molecule has 4 heteroatoms. The van der Waals surface area contributed by atoms with E-state index in [1.807, 2.05) is 0 Å². The Morgan fingerprint density at radius 2 is 2.19 bits per heavy atom. The Bertz CT molecular complexity index is 331. The van der Waals surface area contributed by atoms with Crippen LogP contribution in [-0.2, 0) is 6.42 Å². The van der Waals surface area contributed by atoms with Gasteiger partial charge in [-0.1, -0.05) is 20.8 Å². The van der Waals surface area contributed by atoms with Crippen molar-refractivity contribution in [2.75, 3.05) is 6.54 Å². The fourth-order valence-electron chi connectivity index (χ4n) is 1.85. The van der Waals surface area contributed by atoms with E-state index in [0.29, 0.717) is 17.9 Å². The van der Waals surface area contributed by atoms with E-state index >= 15 is 0 Å². The van der Waals surface area contributed by atoms with Crippen molar-refractivity contribution >= 4 is 11.5 Å². The molecule has 0 spiro atoms. The lowest BCUT2D eigenvalue weighted by molar-refractivity contribution is 0.404. The van der Waals surface area contributed by atoms with Gasteiger partial charge in [0.15, 0.2) is 0 Å². The van der Waals surface area contributed by atoms with Crippen molar-refractivity contribution in [1.29, 1.82) is 0 Å². The van der Waals surface area contributed by atoms with Gasteiger partial charge in [0, 0.05) is 18.4 Å². The molecule has 1 atom stereocenters. The van der Waals surface area contributed by atoms with E-state index in [1.54, 1.807) is 11.5 Å². The Balaban J connectivity index is 1.94. The zero-order valence-corrected chi connectivity index (χ0v) is 11.2. The van der Waals surface area contributed by atoms with Gasteiger partial charge in [-0.25, -0.2) is 4.98 Å². The summed E-state index contributed by atoms with van der Waals surface area (Å²) in [4.78, 5) is 4.64. The first kappa shape index (κ1) is 12.0. The van der Waals surface area contributed by atoms with Crippen LogP contribution in [0, 0.1) is 5.92 Å². The van der Waals surface area contributed by atoms with Gasteiger partial charge in [-0.3, -0.25) is 0 Å². The molecule has 1 unspecified atom stereocenters. The summed E-state index contributed by atoms with van der Waals surface area (Å²) in [5.41, 5.74) is 0. The Morgan fingerprint density at radius 1 is 1.44 bits per heavy atom. The van der Waals surface area contributed by atoms with Gasteiger partial charge in [0.1, 0.15) is 10.8 Å². The predicted octanol–water partition coefficient (Wildman–Crippen LogP) is 2.59. The van der Waals surface area contributed by atoms with E-state index in [2.05, 4.69) is 35.4 Å². The third-order valence-corrected chi connectivity index (χ3v) is 3.84. The molecule has 1 aromatic rings. The highest BCUT2D eigenvalue weighted by molar-refractivity contribution is 7.05. The number of hydrogen-bond donors (Lipinski definition) is 1. The summed E-state index contributed by atoms with van der Waals surface area (Å²) in [6, 6.07) is 0.532. The average Bonchev–Trinajstić information content (AvgIpc) is 2.99. The van der Waals surface area contributed by atoms with Crippen LogP contribution in [-0.4, -0.2) is 21.9 Å². The maximum absolute atomic E-state index is 4.64. The number of rotatable bonds is 6. The van der Waals surface area contributed by atoms with E-state index in [0.717, 1.165) is 18.8 Å². The molecule has 16 heavy (non-hydrogen) atoms. The van der Waals surface area contributed by atoms with Crippen molar-refractivity contribution in [3.63, 3.8) is 0 Å². The Labute approximate surface area is 102 Å². The van der Waals surface area contributed by atoms with Crippen molar-refractivity contribution in [2.24, 2.45) is 5.92 Å². The molecule has 1 aliphatic carbocycles. The lowest BCUT2D eigenvalue weighted by Crippen LogP contribution is -2.35. The summed E-state index contributed by atoms with van der Waals surface area (Å²) < 4.78 is 4.45. The number of nitrogens with one attached hydrogen (secondary N) is 1. The van der Waals surface area contributed by atoms with Crippen molar-refractivity contribution in [3.05, 3.63) is 10.8 Å². The number of hydrogen-bond acceptors (Lipinski definition) is 4. The van der Waals surface area contributed by atoms with Crippen LogP contribution in [0.2, 0.25) is 0 Å². The highest BCUT2D eigenvalue weighted by Gasteiger charge is 2.28. The van der Waals surface area contributed by atoms with Crippen molar-refractivity contribution in [1.82, 2.24) is 14.7 Å². The quantitative estimate of drug-likeness (QED) is 0.829. The van der Waals surface area contributed by atoms with Crippen LogP contribution in [0.15, 0.2) is 0 Å². The van der Waals surface area contributed by atoms with Gasteiger partial charge < -0.3 is 5.32 Å². The van der Waals surface area contributed by atoms with Gasteiger partial charge in [0.2, 0.25) is 0 Å². The molecule has 1 saturated carbocycles. The summed E-state index contributed by atoms with van der Waals surface area (Å²) >= 11 is 1.59. The van der Waals surface area contributed by atoms with Crippen molar-refractivity contribution in [3.8, 4) is 0 Å². The molecule has 1 aliphatic rings. The van der Waals surface area contributed by atoms with Crippen LogP contribution in [0.25, 0.3) is 0 Å². The van der Waals surface area contributed by atoms with E-state index in [1.165, 1.54) is 17.8 Å². The monoisotopic (exact) mass is 239 g/mol. The van der Waals surface area contributed by atoms with Crippen LogP contribution in [0.3, 0.4) is 0 Å². The van der Waals surface area contributed by atoms with Gasteiger partial charge in [-0.05, 0) is 36.8 Å². The van der Waals surface area contributed by atoms with Gasteiger partial charge >= 0.3 is 0 Å². The van der Waals surface area contributed by atoms with E-state index in [4.69, 9.17) is 0 Å². The predicted molar refractivity (Wildman–Crippen MR) is 67.9 cm³/mol. The molecule has 1 aromatic heterocycles. The third-order valence-electron chi connectivity index (χ3n) is 3.09. The van der Waals surface area contributed by atoms with Crippen molar-refractivity contribution in [2.45, 2.75) is 52.0 Å². The van der Waals surface area contributed by atoms with Crippen LogP contribution >= 0.6 is 11.5 Å². The van der Waals surface area contributed by atoms with Crippen LogP contribution in [0.1, 0.15) is 50.4 Å². The molecular formula is C12H21N3S. The highest BCUT2D eigenvalue weighted by Crippen LogP contribution is 2.38. The number of aromatic nitrogens is 2. The average molecular weight is 239 g/mol. The molecule has 0 aliphatic heterocycles. The van der Waals surface area contributed by atoms with E-state index in [-0.39, 0.29) is 0 Å². The molecule has 0 radical (unpaired) electrons. The number of likely N-dealkylation sites (N-methyl/N-ethyl adjacent to an activating group) is 1. The summed E-state index contributed by atoms with van der Waals surface area (Å²) in [5.74, 6) is 2.42. The summed E-state index contributed by atoms with van der Waals surface area (Å²) in [5, 5.41) is 4.72. The maximum atomic E-state index is 4.64. The lowest BCUT2D eigenvalue weighted by Gasteiger charge is -2.20. The summed E-state index contributed by atoms with van der Waals surface area (Å²) in [6.45, 7) is 7.70. The molecule has 1 N–H and O–H groups in total. The van der Waals surface area contributed by atoms with Crippen LogP contribution in [0.5, 0.6) is 0 Å². The van der Waals surface area contributed by atoms with Gasteiger partial charge in [-0.15, -0.1) is 0 Å². The summed E-state index contributed by atoms with van der Waals surface area (Å²) in [7, 11) is 0. The minimum Gasteiger partial charge on any atom is -0.314 e. The Kier molecular flexibility index (Phi) is 3.92. The highest BCUT2D eigenvalue weighted by atomic mass is 32.1. The first-order chi connectivity index (χ1) is 7.70. The summed E-state index contributed by atoms with van der Waals surface area (Å²) in [6.07, 6.45) is 3.60. The molecule has 2 rings (SSSR count). The minimum absolute atomic E-state index is 0.532. The lowest BCUT2D eigenvalue weighted by atomic mass is 10.0. The molecular weight excluding hydrogens is 218 g/mol. The first-order valence-corrected chi connectivity index (χ1v) is 7.04. The molecule has 90 valence electrons. The fraction of sp³-hybridized carbons (Fsp3) is 0.833. The molecule has 0 amide bonds. The minimum atomic E-state index is 0.532. The zero-order chi connectivity index (χ0) is 11.5. The van der Waals surface area contributed by atoms with Gasteiger partial charge in [0.25, 0.3) is 0 Å². The van der Waals surface area contributed by atoms with E-state index < -0.39 is 0 Å². The molecule has 0 aromatic carbocycles. The number of nitrogens with zero attached hydrogens (tertiary/aromatic N) is 2. The molecule has 1 heterocycles. The Morgan fingerprint density at radius 3 is 2.75 bits per heavy atom. The van der Waals surface area contributed by atoms with Crippen LogP contribution < -0.4 is 5.32 Å². The second-order valence-corrected chi connectivity index (χ2v) is 5.77. The maximum Gasteiger partial charge on any atom is 0.145 e. The van der Waals surface area contributed by atoms with Gasteiger partial charge in [0.05, 0.1) is 0 Å². The molecule has 0 saturated heterocycles. The first-order valence-electron chi connectivity index (χ1n) is 6.26. The zero-order valence-electron chi connectivity index (χ0n) is 10.4. The second kappa shape index (κ2) is 5.23. The largest absolute Gasteiger partial charge is 0.314 e. The molecule has 1 fully saturated rings. The molecule has 3 nitrogen and oxygen atoms in total. The SMILES string of the molecule is CCNC(Cc1nc(C2CC2)ns1)C(C)C. The van der Waals surface area contributed by atoms with Crippen molar-refractivity contribution < 1.29 is 0 Å². The fourth-order valence-corrected chi connectivity index (χ4v) is 2.63. The standard InChI is InChI=1S/C12H21N3S/c1-4-13-10(8(2)3)7-11-14-12(15-16-11)9-5-6-9/h8-10,13H,4-7H2,1-3H3. The topological polar surface area (TPSA) is 37.8 Å². The van der Waals surface area contributed by atoms with E-state index in [9.17, 15) is 0 Å². The smallest absolute Gasteiger partial charge is 0.145 e. The second-order valence-electron chi connectivity index (χ2n) is 4.93.